The van der Waals surface area contributed by atoms with Gasteiger partial charge in [0, 0.05) is 43.5 Å². The number of benzene rings is 2. The molecule has 0 aliphatic carbocycles. The first kappa shape index (κ1) is 27.3. The van der Waals surface area contributed by atoms with Crippen molar-refractivity contribution in [1.82, 2.24) is 15.0 Å². The summed E-state index contributed by atoms with van der Waals surface area (Å²) in [4.78, 5) is 14.4. The summed E-state index contributed by atoms with van der Waals surface area (Å²) in [6.45, 7) is 0.565. The second-order valence-electron chi connectivity index (χ2n) is 8.96. The second-order valence-corrected chi connectivity index (χ2v) is 8.96. The van der Waals surface area contributed by atoms with Crippen LogP contribution in [0.1, 0.15) is 11.1 Å². The standard InChI is InChI=1S/C26H18F9N5/c27-18-12-15(13-19(28)20(18)29)22-21(14-3-5-16(6-4-14)25(30,31)32)37-24(38-22)40-10-8-39(9-11-40)23-17(26(33,34)35)2-1-7-36-23/h1-7,12-13H,8-11H2,(H,37,38). The van der Waals surface area contributed by atoms with E-state index < -0.39 is 40.9 Å². The smallest absolute Gasteiger partial charge is 0.353 e. The molecular weight excluding hydrogens is 553 g/mol. The molecule has 5 nitrogen and oxygen atoms in total. The molecule has 0 spiro atoms. The molecule has 1 aliphatic rings. The van der Waals surface area contributed by atoms with Gasteiger partial charge in [0.05, 0.1) is 22.5 Å². The normalized spacial score (nSPS) is 14.6. The Labute approximate surface area is 220 Å². The van der Waals surface area contributed by atoms with Gasteiger partial charge in [0.25, 0.3) is 0 Å². The van der Waals surface area contributed by atoms with Gasteiger partial charge in [0.15, 0.2) is 17.5 Å². The van der Waals surface area contributed by atoms with Crippen molar-refractivity contribution in [2.75, 3.05) is 36.0 Å². The molecule has 1 saturated heterocycles. The molecule has 1 aliphatic heterocycles. The maximum Gasteiger partial charge on any atom is 0.419 e. The van der Waals surface area contributed by atoms with E-state index in [9.17, 15) is 39.5 Å². The van der Waals surface area contributed by atoms with E-state index in [0.717, 1.165) is 30.3 Å². The van der Waals surface area contributed by atoms with Crippen LogP contribution >= 0.6 is 0 Å². The zero-order valence-corrected chi connectivity index (χ0v) is 20.2. The molecule has 1 fully saturated rings. The quantitative estimate of drug-likeness (QED) is 0.214. The van der Waals surface area contributed by atoms with Crippen molar-refractivity contribution in [3.63, 3.8) is 0 Å². The van der Waals surface area contributed by atoms with Gasteiger partial charge in [0.2, 0.25) is 5.95 Å². The average Bonchev–Trinajstić information content (AvgIpc) is 3.36. The molecule has 0 amide bonds. The number of aromatic nitrogens is 3. The number of halogens is 9. The number of anilines is 2. The summed E-state index contributed by atoms with van der Waals surface area (Å²) in [5.74, 6) is -4.73. The van der Waals surface area contributed by atoms with Crippen molar-refractivity contribution in [3.8, 4) is 22.5 Å². The largest absolute Gasteiger partial charge is 0.419 e. The summed E-state index contributed by atoms with van der Waals surface area (Å²) in [5.41, 5.74) is -1.71. The van der Waals surface area contributed by atoms with Gasteiger partial charge in [-0.1, -0.05) is 12.1 Å². The zero-order chi connectivity index (χ0) is 28.8. The Morgan fingerprint density at radius 1 is 0.725 bits per heavy atom. The molecule has 210 valence electrons. The number of hydrogen-bond donors (Lipinski definition) is 1. The molecule has 4 aromatic rings. The third-order valence-electron chi connectivity index (χ3n) is 6.42. The summed E-state index contributed by atoms with van der Waals surface area (Å²) in [6, 6.07) is 7.51. The van der Waals surface area contributed by atoms with Gasteiger partial charge in [-0.25, -0.2) is 23.1 Å². The average molecular weight is 571 g/mol. The molecule has 14 heteroatoms. The molecule has 0 bridgehead atoms. The van der Waals surface area contributed by atoms with Gasteiger partial charge in [-0.15, -0.1) is 0 Å². The summed E-state index contributed by atoms with van der Waals surface area (Å²) < 4.78 is 121. The van der Waals surface area contributed by atoms with E-state index in [1.54, 1.807) is 4.90 Å². The van der Waals surface area contributed by atoms with E-state index in [1.165, 1.54) is 17.2 Å². The molecular formula is C26H18F9N5. The first-order valence-electron chi connectivity index (χ1n) is 11.8. The predicted molar refractivity (Wildman–Crippen MR) is 128 cm³/mol. The summed E-state index contributed by atoms with van der Waals surface area (Å²) >= 11 is 0. The molecule has 2 aromatic heterocycles. The lowest BCUT2D eigenvalue weighted by molar-refractivity contribution is -0.138. The number of nitrogens with zero attached hydrogens (tertiary/aromatic N) is 4. The Morgan fingerprint density at radius 2 is 1.32 bits per heavy atom. The minimum Gasteiger partial charge on any atom is -0.353 e. The van der Waals surface area contributed by atoms with Crippen molar-refractivity contribution >= 4 is 11.8 Å². The monoisotopic (exact) mass is 571 g/mol. The highest BCUT2D eigenvalue weighted by molar-refractivity contribution is 5.80. The minimum absolute atomic E-state index is 0.0564. The summed E-state index contributed by atoms with van der Waals surface area (Å²) in [5, 5.41) is 0. The number of piperazine rings is 1. The Bertz CT molecular complexity index is 1500. The van der Waals surface area contributed by atoms with Crippen LogP contribution in [-0.2, 0) is 12.4 Å². The number of rotatable bonds is 4. The summed E-state index contributed by atoms with van der Waals surface area (Å²) in [7, 11) is 0. The van der Waals surface area contributed by atoms with Crippen LogP contribution in [0.2, 0.25) is 0 Å². The van der Waals surface area contributed by atoms with Crippen molar-refractivity contribution in [3.05, 3.63) is 83.3 Å². The lowest BCUT2D eigenvalue weighted by atomic mass is 10.0. The van der Waals surface area contributed by atoms with Crippen molar-refractivity contribution in [1.29, 1.82) is 0 Å². The van der Waals surface area contributed by atoms with Gasteiger partial charge in [-0.05, 0) is 36.4 Å². The summed E-state index contributed by atoms with van der Waals surface area (Å²) in [6.07, 6.45) is -7.94. The Balaban J connectivity index is 1.48. The zero-order valence-electron chi connectivity index (χ0n) is 20.2. The van der Waals surface area contributed by atoms with E-state index >= 15 is 0 Å². The lowest BCUT2D eigenvalue weighted by Gasteiger charge is -2.36. The van der Waals surface area contributed by atoms with Gasteiger partial charge < -0.3 is 14.8 Å². The third kappa shape index (κ3) is 5.29. The number of nitrogens with one attached hydrogen (secondary N) is 1. The van der Waals surface area contributed by atoms with E-state index in [4.69, 9.17) is 0 Å². The number of alkyl halides is 6. The molecule has 0 radical (unpaired) electrons. The van der Waals surface area contributed by atoms with Gasteiger partial charge in [-0.2, -0.15) is 26.3 Å². The number of imidazole rings is 1. The number of hydrogen-bond acceptors (Lipinski definition) is 4. The predicted octanol–water partition coefficient (Wildman–Crippen LogP) is 6.92. The van der Waals surface area contributed by atoms with E-state index in [1.807, 2.05) is 0 Å². The highest BCUT2D eigenvalue weighted by atomic mass is 19.4. The van der Waals surface area contributed by atoms with E-state index in [2.05, 4.69) is 15.0 Å². The molecule has 3 heterocycles. The maximum atomic E-state index is 14.0. The molecule has 40 heavy (non-hydrogen) atoms. The van der Waals surface area contributed by atoms with Crippen LogP contribution < -0.4 is 9.80 Å². The van der Waals surface area contributed by atoms with Crippen molar-refractivity contribution in [2.45, 2.75) is 12.4 Å². The van der Waals surface area contributed by atoms with Crippen LogP contribution in [0.5, 0.6) is 0 Å². The van der Waals surface area contributed by atoms with Crippen LogP contribution in [0.3, 0.4) is 0 Å². The van der Waals surface area contributed by atoms with Crippen LogP contribution in [0.15, 0.2) is 54.7 Å². The van der Waals surface area contributed by atoms with Crippen LogP contribution in [0, 0.1) is 17.5 Å². The first-order valence-corrected chi connectivity index (χ1v) is 11.8. The number of aromatic amines is 1. The van der Waals surface area contributed by atoms with Crippen LogP contribution in [0.4, 0.5) is 51.3 Å². The molecule has 5 rings (SSSR count). The molecule has 0 saturated carbocycles. The molecule has 1 N–H and O–H groups in total. The number of H-pyrrole nitrogens is 1. The van der Waals surface area contributed by atoms with Gasteiger partial charge in [-0.3, -0.25) is 0 Å². The Morgan fingerprint density at radius 3 is 1.90 bits per heavy atom. The fourth-order valence-corrected chi connectivity index (χ4v) is 4.45. The lowest BCUT2D eigenvalue weighted by Crippen LogP contribution is -2.47. The topological polar surface area (TPSA) is 48.1 Å². The van der Waals surface area contributed by atoms with E-state index in [0.29, 0.717) is 12.1 Å². The second kappa shape index (κ2) is 10.1. The van der Waals surface area contributed by atoms with Crippen LogP contribution in [0.25, 0.3) is 22.5 Å². The Kier molecular flexibility index (Phi) is 6.88. The SMILES string of the molecule is Fc1cc(-c2nc(N3CCN(c4ncccc4C(F)(F)F)CC3)[nH]c2-c2ccc(C(F)(F)F)cc2)cc(F)c1F. The van der Waals surface area contributed by atoms with Crippen LogP contribution in [-0.4, -0.2) is 41.1 Å². The van der Waals surface area contributed by atoms with Crippen molar-refractivity contribution in [2.24, 2.45) is 0 Å². The Hall–Kier alpha value is -4.23. The fraction of sp³-hybridized carbons (Fsp3) is 0.231. The fourth-order valence-electron chi connectivity index (χ4n) is 4.45. The molecule has 0 unspecified atom stereocenters. The van der Waals surface area contributed by atoms with Gasteiger partial charge >= 0.3 is 12.4 Å². The van der Waals surface area contributed by atoms with Crippen molar-refractivity contribution < 1.29 is 39.5 Å². The number of pyridine rings is 1. The highest BCUT2D eigenvalue weighted by Crippen LogP contribution is 2.38. The molecule has 0 atom stereocenters. The van der Waals surface area contributed by atoms with E-state index in [-0.39, 0.29) is 60.5 Å². The minimum atomic E-state index is -4.60. The highest BCUT2D eigenvalue weighted by Gasteiger charge is 2.36. The first-order chi connectivity index (χ1) is 18.8. The molecule has 2 aromatic carbocycles. The van der Waals surface area contributed by atoms with Gasteiger partial charge in [0.1, 0.15) is 5.82 Å². The maximum absolute atomic E-state index is 14.0. The third-order valence-corrected chi connectivity index (χ3v) is 6.42.